The van der Waals surface area contributed by atoms with E-state index in [1.165, 1.54) is 16.0 Å². The number of hydrogen-bond acceptors (Lipinski definition) is 2. The second kappa shape index (κ2) is 8.34. The Bertz CT molecular complexity index is 621. The number of anilines is 1. The van der Waals surface area contributed by atoms with Gasteiger partial charge in [0.25, 0.3) is 5.91 Å². The van der Waals surface area contributed by atoms with Crippen LogP contribution in [0.1, 0.15) is 18.1 Å². The summed E-state index contributed by atoms with van der Waals surface area (Å²) in [7, 11) is 1.63. The minimum Gasteiger partial charge on any atom is -0.497 e. The van der Waals surface area contributed by atoms with E-state index in [9.17, 15) is 4.79 Å². The second-order valence-electron chi connectivity index (χ2n) is 5.72. The van der Waals surface area contributed by atoms with E-state index in [1.807, 2.05) is 24.3 Å². The van der Waals surface area contributed by atoms with Crippen LogP contribution in [-0.2, 0) is 11.3 Å². The largest absolute Gasteiger partial charge is 0.497 e. The van der Waals surface area contributed by atoms with Crippen molar-refractivity contribution in [2.75, 3.05) is 25.5 Å². The molecule has 1 unspecified atom stereocenters. The van der Waals surface area contributed by atoms with Crippen molar-refractivity contribution in [3.05, 3.63) is 59.7 Å². The lowest BCUT2D eigenvalue weighted by molar-refractivity contribution is -0.903. The quantitative estimate of drug-likeness (QED) is 0.821. The molecule has 122 valence electrons. The molecule has 0 fully saturated rings. The number of nitrogens with one attached hydrogen (secondary N) is 2. The van der Waals surface area contributed by atoms with Crippen molar-refractivity contribution in [3.8, 4) is 5.75 Å². The number of carbonyl (C=O) groups excluding carboxylic acids is 1. The molecule has 2 aromatic carbocycles. The first-order valence-corrected chi connectivity index (χ1v) is 7.93. The van der Waals surface area contributed by atoms with Gasteiger partial charge < -0.3 is 15.0 Å². The number of likely N-dealkylation sites (N-methyl/N-ethyl adjacent to an activating group) is 1. The van der Waals surface area contributed by atoms with Crippen molar-refractivity contribution in [2.45, 2.75) is 20.4 Å². The summed E-state index contributed by atoms with van der Waals surface area (Å²) in [5, 5.41) is 2.94. The van der Waals surface area contributed by atoms with E-state index >= 15 is 0 Å². The predicted molar refractivity (Wildman–Crippen MR) is 92.9 cm³/mol. The molecule has 1 amide bonds. The summed E-state index contributed by atoms with van der Waals surface area (Å²) in [6, 6.07) is 15.9. The molecule has 23 heavy (non-hydrogen) atoms. The van der Waals surface area contributed by atoms with E-state index in [1.54, 1.807) is 7.11 Å². The zero-order valence-electron chi connectivity index (χ0n) is 14.1. The van der Waals surface area contributed by atoms with Crippen LogP contribution in [0, 0.1) is 6.92 Å². The van der Waals surface area contributed by atoms with Crippen LogP contribution in [0.4, 0.5) is 5.69 Å². The Morgan fingerprint density at radius 3 is 2.30 bits per heavy atom. The van der Waals surface area contributed by atoms with E-state index < -0.39 is 0 Å². The Morgan fingerprint density at radius 1 is 1.09 bits per heavy atom. The van der Waals surface area contributed by atoms with Gasteiger partial charge in [-0.15, -0.1) is 0 Å². The van der Waals surface area contributed by atoms with Gasteiger partial charge in [0.2, 0.25) is 0 Å². The number of amides is 1. The molecular formula is C19H25N2O2+. The highest BCUT2D eigenvalue weighted by atomic mass is 16.5. The maximum atomic E-state index is 12.2. The molecule has 0 aliphatic heterocycles. The lowest BCUT2D eigenvalue weighted by atomic mass is 10.1. The number of ether oxygens (including phenoxy) is 1. The Balaban J connectivity index is 1.89. The van der Waals surface area contributed by atoms with Gasteiger partial charge in [-0.25, -0.2) is 0 Å². The van der Waals surface area contributed by atoms with E-state index in [2.05, 4.69) is 43.4 Å². The molecule has 0 bridgehead atoms. The Labute approximate surface area is 138 Å². The minimum absolute atomic E-state index is 0.0270. The third-order valence-electron chi connectivity index (χ3n) is 3.86. The molecule has 0 heterocycles. The van der Waals surface area contributed by atoms with Crippen molar-refractivity contribution in [2.24, 2.45) is 0 Å². The molecule has 0 saturated heterocycles. The molecule has 4 heteroatoms. The first-order chi connectivity index (χ1) is 11.1. The van der Waals surface area contributed by atoms with Gasteiger partial charge in [0, 0.05) is 11.3 Å². The first kappa shape index (κ1) is 17.0. The fourth-order valence-corrected chi connectivity index (χ4v) is 2.41. The molecule has 4 nitrogen and oxygen atoms in total. The molecule has 0 spiro atoms. The zero-order valence-corrected chi connectivity index (χ0v) is 14.1. The normalized spacial score (nSPS) is 11.8. The highest BCUT2D eigenvalue weighted by molar-refractivity contribution is 5.91. The van der Waals surface area contributed by atoms with Gasteiger partial charge in [0.1, 0.15) is 12.3 Å². The highest BCUT2D eigenvalue weighted by Crippen LogP contribution is 2.14. The fourth-order valence-electron chi connectivity index (χ4n) is 2.41. The third-order valence-corrected chi connectivity index (χ3v) is 3.86. The number of hydrogen-bond donors (Lipinski definition) is 2. The number of rotatable bonds is 7. The number of quaternary nitrogens is 1. The van der Waals surface area contributed by atoms with Gasteiger partial charge in [-0.05, 0) is 38.1 Å². The van der Waals surface area contributed by atoms with Crippen molar-refractivity contribution < 1.29 is 14.4 Å². The number of benzene rings is 2. The Hall–Kier alpha value is -2.33. The van der Waals surface area contributed by atoms with Crippen LogP contribution < -0.4 is 15.0 Å². The molecular weight excluding hydrogens is 288 g/mol. The maximum absolute atomic E-state index is 12.2. The smallest absolute Gasteiger partial charge is 0.279 e. The summed E-state index contributed by atoms with van der Waals surface area (Å²) >= 11 is 0. The van der Waals surface area contributed by atoms with E-state index in [0.717, 1.165) is 24.5 Å². The van der Waals surface area contributed by atoms with Gasteiger partial charge in [-0.3, -0.25) is 4.79 Å². The van der Waals surface area contributed by atoms with Crippen LogP contribution in [0.5, 0.6) is 5.75 Å². The number of carbonyl (C=O) groups is 1. The maximum Gasteiger partial charge on any atom is 0.279 e. The summed E-state index contributed by atoms with van der Waals surface area (Å²) in [6.45, 7) is 6.40. The SMILES string of the molecule is CC[NH+](CC(=O)Nc1ccc(OC)cc1)Cc1ccc(C)cc1. The molecule has 0 aromatic heterocycles. The average molecular weight is 313 g/mol. The van der Waals surface area contributed by atoms with Gasteiger partial charge in [-0.2, -0.15) is 0 Å². The molecule has 0 aliphatic carbocycles. The van der Waals surface area contributed by atoms with Crippen LogP contribution in [0.2, 0.25) is 0 Å². The molecule has 0 radical (unpaired) electrons. The first-order valence-electron chi connectivity index (χ1n) is 7.93. The highest BCUT2D eigenvalue weighted by Gasteiger charge is 2.13. The van der Waals surface area contributed by atoms with Crippen molar-refractivity contribution in [3.63, 3.8) is 0 Å². The van der Waals surface area contributed by atoms with Crippen molar-refractivity contribution in [1.82, 2.24) is 0 Å². The molecule has 0 saturated carbocycles. The predicted octanol–water partition coefficient (Wildman–Crippen LogP) is 2.05. The van der Waals surface area contributed by atoms with E-state index in [0.29, 0.717) is 6.54 Å². The van der Waals surface area contributed by atoms with Gasteiger partial charge >= 0.3 is 0 Å². The number of aryl methyl sites for hydroxylation is 1. The van der Waals surface area contributed by atoms with Gasteiger partial charge in [0.05, 0.1) is 13.7 Å². The van der Waals surface area contributed by atoms with Crippen LogP contribution in [-0.4, -0.2) is 26.1 Å². The lowest BCUT2D eigenvalue weighted by Crippen LogP contribution is -3.11. The molecule has 2 rings (SSSR count). The van der Waals surface area contributed by atoms with E-state index in [-0.39, 0.29) is 5.91 Å². The van der Waals surface area contributed by atoms with Crippen LogP contribution >= 0.6 is 0 Å². The van der Waals surface area contributed by atoms with Gasteiger partial charge in [-0.1, -0.05) is 29.8 Å². The zero-order chi connectivity index (χ0) is 16.7. The molecule has 2 aromatic rings. The fraction of sp³-hybridized carbons (Fsp3) is 0.316. The summed E-state index contributed by atoms with van der Waals surface area (Å²) < 4.78 is 5.11. The summed E-state index contributed by atoms with van der Waals surface area (Å²) in [6.07, 6.45) is 0. The standard InChI is InChI=1S/C19H24N2O2/c1-4-21(13-16-7-5-15(2)6-8-16)14-19(22)20-17-9-11-18(23-3)12-10-17/h5-12H,4,13-14H2,1-3H3,(H,20,22)/p+1. The minimum atomic E-state index is 0.0270. The number of methoxy groups -OCH3 is 1. The average Bonchev–Trinajstić information content (AvgIpc) is 2.57. The van der Waals surface area contributed by atoms with Crippen LogP contribution in [0.15, 0.2) is 48.5 Å². The van der Waals surface area contributed by atoms with Crippen LogP contribution in [0.25, 0.3) is 0 Å². The summed E-state index contributed by atoms with van der Waals surface area (Å²) in [4.78, 5) is 13.5. The van der Waals surface area contributed by atoms with Crippen molar-refractivity contribution in [1.29, 1.82) is 0 Å². The second-order valence-corrected chi connectivity index (χ2v) is 5.72. The summed E-state index contributed by atoms with van der Waals surface area (Å²) in [5.41, 5.74) is 3.30. The monoisotopic (exact) mass is 313 g/mol. The Kier molecular flexibility index (Phi) is 6.18. The molecule has 2 N–H and O–H groups in total. The van der Waals surface area contributed by atoms with E-state index in [4.69, 9.17) is 4.74 Å². The Morgan fingerprint density at radius 2 is 1.74 bits per heavy atom. The molecule has 1 atom stereocenters. The third kappa shape index (κ3) is 5.42. The van der Waals surface area contributed by atoms with Crippen LogP contribution in [0.3, 0.4) is 0 Å². The van der Waals surface area contributed by atoms with Gasteiger partial charge in [0.15, 0.2) is 6.54 Å². The topological polar surface area (TPSA) is 42.8 Å². The summed E-state index contributed by atoms with van der Waals surface area (Å²) in [5.74, 6) is 0.808. The molecule has 0 aliphatic rings. The lowest BCUT2D eigenvalue weighted by Gasteiger charge is -2.17. The van der Waals surface area contributed by atoms with Crippen molar-refractivity contribution >= 4 is 11.6 Å².